The van der Waals surface area contributed by atoms with E-state index in [9.17, 15) is 9.59 Å². The van der Waals surface area contributed by atoms with Crippen LogP contribution in [0, 0.1) is 19.8 Å². The van der Waals surface area contributed by atoms with Crippen molar-refractivity contribution in [3.8, 4) is 5.75 Å². The van der Waals surface area contributed by atoms with Gasteiger partial charge in [-0.3, -0.25) is 4.79 Å². The standard InChI is InChI=1S/C34H48N2O6/c1-24-8-7-9-27(18-24)22-40-23-30-21-35(16-17-41-30)32(37)28-11-13-29(14-12-28)36(33(38)42-34(3,4)5)20-26-10-15-31(39-6)25(2)19-26/h7-10,15,18-19,28-30H,11-14,16-17,20-23H2,1-6H3/t28?,29?,30-/m0/s1. The van der Waals surface area contributed by atoms with Crippen LogP contribution >= 0.6 is 0 Å². The molecule has 42 heavy (non-hydrogen) atoms. The minimum Gasteiger partial charge on any atom is -0.496 e. The number of nitrogens with zero attached hydrogens (tertiary/aromatic N) is 2. The van der Waals surface area contributed by atoms with Gasteiger partial charge in [-0.05, 0) is 83.1 Å². The van der Waals surface area contributed by atoms with Gasteiger partial charge < -0.3 is 28.7 Å². The SMILES string of the molecule is COc1ccc(CN(C(=O)OC(C)(C)C)C2CCC(C(=O)N3CCO[C@H](COCc4cccc(C)c4)C3)CC2)cc1C. The topological polar surface area (TPSA) is 77.5 Å². The number of methoxy groups -OCH3 is 1. The van der Waals surface area contributed by atoms with E-state index in [-0.39, 0.29) is 30.1 Å². The van der Waals surface area contributed by atoms with Gasteiger partial charge in [0.2, 0.25) is 5.91 Å². The van der Waals surface area contributed by atoms with Gasteiger partial charge >= 0.3 is 6.09 Å². The largest absolute Gasteiger partial charge is 0.496 e. The Labute approximate surface area is 251 Å². The molecule has 0 bridgehead atoms. The van der Waals surface area contributed by atoms with E-state index < -0.39 is 5.60 Å². The van der Waals surface area contributed by atoms with Crippen LogP contribution in [-0.4, -0.2) is 73.0 Å². The van der Waals surface area contributed by atoms with Crippen molar-refractivity contribution in [2.75, 3.05) is 33.4 Å². The Kier molecular flexibility index (Phi) is 10.9. The van der Waals surface area contributed by atoms with E-state index in [0.717, 1.165) is 48.1 Å². The minimum atomic E-state index is -0.588. The van der Waals surface area contributed by atoms with Crippen LogP contribution in [0.25, 0.3) is 0 Å². The number of aryl methyl sites for hydroxylation is 2. The Morgan fingerprint density at radius 1 is 1.02 bits per heavy atom. The number of morpholine rings is 1. The Morgan fingerprint density at radius 2 is 1.79 bits per heavy atom. The molecule has 1 atom stereocenters. The van der Waals surface area contributed by atoms with Crippen molar-refractivity contribution in [3.63, 3.8) is 0 Å². The fourth-order valence-electron chi connectivity index (χ4n) is 5.92. The van der Waals surface area contributed by atoms with Crippen LogP contribution in [0.3, 0.4) is 0 Å². The number of hydrogen-bond donors (Lipinski definition) is 0. The quantitative estimate of drug-likeness (QED) is 0.359. The predicted molar refractivity (Wildman–Crippen MR) is 162 cm³/mol. The molecule has 8 heteroatoms. The van der Waals surface area contributed by atoms with Crippen molar-refractivity contribution in [1.29, 1.82) is 0 Å². The van der Waals surface area contributed by atoms with Crippen molar-refractivity contribution < 1.29 is 28.5 Å². The second-order valence-corrected chi connectivity index (χ2v) is 12.7. The average Bonchev–Trinajstić information content (AvgIpc) is 2.95. The van der Waals surface area contributed by atoms with E-state index in [1.54, 1.807) is 7.11 Å². The third-order valence-electron chi connectivity index (χ3n) is 8.03. The molecule has 1 aliphatic heterocycles. The number of benzene rings is 2. The zero-order valence-electron chi connectivity index (χ0n) is 26.2. The summed E-state index contributed by atoms with van der Waals surface area (Å²) in [5.74, 6) is 0.969. The predicted octanol–water partition coefficient (Wildman–Crippen LogP) is 6.05. The first-order valence-electron chi connectivity index (χ1n) is 15.2. The zero-order valence-corrected chi connectivity index (χ0v) is 26.2. The number of carbonyl (C=O) groups is 2. The van der Waals surface area contributed by atoms with Gasteiger partial charge in [0.15, 0.2) is 0 Å². The number of carbonyl (C=O) groups excluding carboxylic acids is 2. The molecule has 2 aromatic rings. The fraction of sp³-hybridized carbons (Fsp3) is 0.588. The highest BCUT2D eigenvalue weighted by atomic mass is 16.6. The van der Waals surface area contributed by atoms with Crippen LogP contribution in [0.1, 0.15) is 68.7 Å². The van der Waals surface area contributed by atoms with Gasteiger partial charge in [-0.25, -0.2) is 4.79 Å². The third-order valence-corrected chi connectivity index (χ3v) is 8.03. The van der Waals surface area contributed by atoms with E-state index in [0.29, 0.717) is 39.5 Å². The summed E-state index contributed by atoms with van der Waals surface area (Å²) in [6.07, 6.45) is 2.58. The van der Waals surface area contributed by atoms with E-state index in [1.165, 1.54) is 5.56 Å². The number of hydrogen-bond acceptors (Lipinski definition) is 6. The molecule has 2 aliphatic rings. The maximum Gasteiger partial charge on any atom is 0.410 e. The summed E-state index contributed by atoms with van der Waals surface area (Å²) in [7, 11) is 1.66. The second-order valence-electron chi connectivity index (χ2n) is 12.7. The van der Waals surface area contributed by atoms with Crippen LogP contribution in [-0.2, 0) is 32.2 Å². The number of rotatable bonds is 9. The van der Waals surface area contributed by atoms with E-state index in [2.05, 4.69) is 31.2 Å². The molecule has 0 radical (unpaired) electrons. The Hall–Kier alpha value is -3.10. The van der Waals surface area contributed by atoms with Gasteiger partial charge in [-0.1, -0.05) is 42.0 Å². The summed E-state index contributed by atoms with van der Waals surface area (Å²) in [6.45, 7) is 12.9. The van der Waals surface area contributed by atoms with Crippen LogP contribution in [0.5, 0.6) is 5.75 Å². The highest BCUT2D eigenvalue weighted by Crippen LogP contribution is 2.32. The molecule has 1 saturated carbocycles. The lowest BCUT2D eigenvalue weighted by Gasteiger charge is -2.40. The average molecular weight is 581 g/mol. The lowest BCUT2D eigenvalue weighted by atomic mass is 9.84. The summed E-state index contributed by atoms with van der Waals surface area (Å²) in [4.78, 5) is 30.7. The summed E-state index contributed by atoms with van der Waals surface area (Å²) < 4.78 is 23.1. The molecule has 2 aromatic carbocycles. The molecule has 1 aliphatic carbocycles. The van der Waals surface area contributed by atoms with Crippen LogP contribution in [0.2, 0.25) is 0 Å². The van der Waals surface area contributed by atoms with Crippen molar-refractivity contribution in [1.82, 2.24) is 9.80 Å². The highest BCUT2D eigenvalue weighted by Gasteiger charge is 2.36. The minimum absolute atomic E-state index is 0.0127. The lowest BCUT2D eigenvalue weighted by molar-refractivity contribution is -0.147. The normalized spacial score (nSPS) is 21.1. The molecule has 0 unspecified atom stereocenters. The highest BCUT2D eigenvalue weighted by molar-refractivity contribution is 5.79. The molecular weight excluding hydrogens is 532 g/mol. The molecule has 230 valence electrons. The maximum atomic E-state index is 13.5. The Balaban J connectivity index is 1.32. The second kappa shape index (κ2) is 14.4. The van der Waals surface area contributed by atoms with Crippen molar-refractivity contribution in [3.05, 3.63) is 64.7 Å². The molecule has 2 fully saturated rings. The Bertz CT molecular complexity index is 1200. The molecule has 8 nitrogen and oxygen atoms in total. The van der Waals surface area contributed by atoms with Crippen molar-refractivity contribution in [2.24, 2.45) is 5.92 Å². The molecule has 2 amide bonds. The van der Waals surface area contributed by atoms with Crippen molar-refractivity contribution in [2.45, 2.75) is 91.2 Å². The first kappa shape index (κ1) is 31.8. The van der Waals surface area contributed by atoms with Crippen molar-refractivity contribution >= 4 is 12.0 Å². The van der Waals surface area contributed by atoms with E-state index >= 15 is 0 Å². The zero-order chi connectivity index (χ0) is 30.3. The monoisotopic (exact) mass is 580 g/mol. The summed E-state index contributed by atoms with van der Waals surface area (Å²) in [5, 5.41) is 0. The lowest BCUT2D eigenvalue weighted by Crippen LogP contribution is -2.50. The molecule has 4 rings (SSSR count). The fourth-order valence-corrected chi connectivity index (χ4v) is 5.92. The van der Waals surface area contributed by atoms with Gasteiger partial charge in [-0.2, -0.15) is 0 Å². The summed E-state index contributed by atoms with van der Waals surface area (Å²) in [6, 6.07) is 14.3. The van der Waals surface area contributed by atoms with Gasteiger partial charge in [0.05, 0.1) is 33.0 Å². The smallest absolute Gasteiger partial charge is 0.410 e. The molecular formula is C34H48N2O6. The molecule has 0 spiro atoms. The molecule has 1 heterocycles. The maximum absolute atomic E-state index is 13.5. The third kappa shape index (κ3) is 8.95. The van der Waals surface area contributed by atoms with Crippen LogP contribution < -0.4 is 4.74 Å². The molecule has 0 N–H and O–H groups in total. The van der Waals surface area contributed by atoms with Gasteiger partial charge in [-0.15, -0.1) is 0 Å². The van der Waals surface area contributed by atoms with Gasteiger partial charge in [0.1, 0.15) is 11.4 Å². The van der Waals surface area contributed by atoms with Crippen LogP contribution in [0.4, 0.5) is 4.79 Å². The first-order valence-corrected chi connectivity index (χ1v) is 15.2. The Morgan fingerprint density at radius 3 is 2.45 bits per heavy atom. The van der Waals surface area contributed by atoms with Crippen LogP contribution in [0.15, 0.2) is 42.5 Å². The van der Waals surface area contributed by atoms with Gasteiger partial charge in [0, 0.05) is 31.6 Å². The van der Waals surface area contributed by atoms with E-state index in [4.69, 9.17) is 18.9 Å². The first-order chi connectivity index (χ1) is 20.0. The van der Waals surface area contributed by atoms with Gasteiger partial charge in [0.25, 0.3) is 0 Å². The van der Waals surface area contributed by atoms with E-state index in [1.807, 2.05) is 55.7 Å². The number of amides is 2. The number of ether oxygens (including phenoxy) is 4. The summed E-state index contributed by atoms with van der Waals surface area (Å²) >= 11 is 0. The molecule has 1 saturated heterocycles. The molecule has 0 aromatic heterocycles. The summed E-state index contributed by atoms with van der Waals surface area (Å²) in [5.41, 5.74) is 3.81.